The van der Waals surface area contributed by atoms with Crippen LogP contribution in [-0.4, -0.2) is 31.2 Å². The van der Waals surface area contributed by atoms with Crippen LogP contribution in [0.25, 0.3) is 0 Å². The van der Waals surface area contributed by atoms with Gasteiger partial charge in [-0.15, -0.1) is 0 Å². The summed E-state index contributed by atoms with van der Waals surface area (Å²) in [6, 6.07) is 0.315. The van der Waals surface area contributed by atoms with Gasteiger partial charge in [-0.3, -0.25) is 4.79 Å². The van der Waals surface area contributed by atoms with Gasteiger partial charge < -0.3 is 15.8 Å². The molecule has 3 N–H and O–H groups in total. The molecule has 1 aliphatic carbocycles. The summed E-state index contributed by atoms with van der Waals surface area (Å²) in [5.74, 6) is 0.661. The molecule has 104 valence electrons. The first-order valence-corrected chi connectivity index (χ1v) is 7.40. The van der Waals surface area contributed by atoms with Crippen LogP contribution in [0.15, 0.2) is 0 Å². The number of hydrogen-bond acceptors (Lipinski definition) is 3. The van der Waals surface area contributed by atoms with Crippen molar-refractivity contribution < 1.29 is 9.53 Å². The summed E-state index contributed by atoms with van der Waals surface area (Å²) in [6.07, 6.45) is 8.73. The van der Waals surface area contributed by atoms with Gasteiger partial charge in [0.2, 0.25) is 5.91 Å². The van der Waals surface area contributed by atoms with Gasteiger partial charge in [0.15, 0.2) is 0 Å². The molecule has 1 aliphatic heterocycles. The molecule has 1 amide bonds. The predicted octanol–water partition coefficient (Wildman–Crippen LogP) is 1.58. The standard InChI is InChI=1S/C14H26N2O2/c15-10-11-4-3-6-13(11)16-14(17)8-7-12-5-1-2-9-18-12/h11-13H,1-10,15H2,(H,16,17). The lowest BCUT2D eigenvalue weighted by atomic mass is 10.0. The molecule has 0 spiro atoms. The molecule has 1 heterocycles. The lowest BCUT2D eigenvalue weighted by molar-refractivity contribution is -0.123. The molecule has 0 aromatic heterocycles. The lowest BCUT2D eigenvalue weighted by Crippen LogP contribution is -2.40. The number of hydrogen-bond donors (Lipinski definition) is 2. The van der Waals surface area contributed by atoms with Crippen LogP contribution in [0.4, 0.5) is 0 Å². The first kappa shape index (κ1) is 13.8. The Bertz CT molecular complexity index is 265. The summed E-state index contributed by atoms with van der Waals surface area (Å²) >= 11 is 0. The minimum Gasteiger partial charge on any atom is -0.378 e. The SMILES string of the molecule is NCC1CCCC1NC(=O)CCC1CCCCO1. The van der Waals surface area contributed by atoms with Gasteiger partial charge in [0.05, 0.1) is 6.10 Å². The number of rotatable bonds is 5. The highest BCUT2D eigenvalue weighted by Crippen LogP contribution is 2.25. The molecule has 2 rings (SSSR count). The number of ether oxygens (including phenoxy) is 1. The Kier molecular flexibility index (Phi) is 5.45. The second-order valence-electron chi connectivity index (χ2n) is 5.63. The van der Waals surface area contributed by atoms with Crippen LogP contribution in [0.5, 0.6) is 0 Å². The molecule has 0 aromatic carbocycles. The molecule has 1 saturated heterocycles. The van der Waals surface area contributed by atoms with E-state index in [2.05, 4.69) is 5.32 Å². The van der Waals surface area contributed by atoms with Crippen molar-refractivity contribution in [2.45, 2.75) is 63.5 Å². The topological polar surface area (TPSA) is 64.3 Å². The third-order valence-electron chi connectivity index (χ3n) is 4.28. The zero-order chi connectivity index (χ0) is 12.8. The van der Waals surface area contributed by atoms with E-state index in [0.717, 1.165) is 32.3 Å². The van der Waals surface area contributed by atoms with Crippen molar-refractivity contribution >= 4 is 5.91 Å². The van der Waals surface area contributed by atoms with Gasteiger partial charge in [-0.1, -0.05) is 6.42 Å². The second kappa shape index (κ2) is 7.10. The molecule has 0 aromatic rings. The molecular weight excluding hydrogens is 228 g/mol. The molecule has 4 nitrogen and oxygen atoms in total. The zero-order valence-electron chi connectivity index (χ0n) is 11.2. The van der Waals surface area contributed by atoms with Crippen molar-refractivity contribution in [1.82, 2.24) is 5.32 Å². The van der Waals surface area contributed by atoms with Crippen molar-refractivity contribution in [3.05, 3.63) is 0 Å². The van der Waals surface area contributed by atoms with Crippen molar-refractivity contribution in [3.63, 3.8) is 0 Å². The molecule has 2 fully saturated rings. The molecule has 4 heteroatoms. The van der Waals surface area contributed by atoms with Gasteiger partial charge in [0, 0.05) is 19.1 Å². The van der Waals surface area contributed by atoms with Gasteiger partial charge in [-0.05, 0) is 51.0 Å². The maximum absolute atomic E-state index is 11.9. The van der Waals surface area contributed by atoms with E-state index < -0.39 is 0 Å². The Morgan fingerprint density at radius 2 is 2.11 bits per heavy atom. The fourth-order valence-corrected chi connectivity index (χ4v) is 3.12. The number of carbonyl (C=O) groups is 1. The van der Waals surface area contributed by atoms with Crippen LogP contribution < -0.4 is 11.1 Å². The highest BCUT2D eigenvalue weighted by atomic mass is 16.5. The average Bonchev–Trinajstić information content (AvgIpc) is 2.85. The van der Waals surface area contributed by atoms with Gasteiger partial charge >= 0.3 is 0 Å². The van der Waals surface area contributed by atoms with Crippen molar-refractivity contribution in [1.29, 1.82) is 0 Å². The molecule has 0 bridgehead atoms. The molecular formula is C14H26N2O2. The maximum atomic E-state index is 11.9. The van der Waals surface area contributed by atoms with E-state index in [4.69, 9.17) is 10.5 Å². The Morgan fingerprint density at radius 3 is 2.83 bits per heavy atom. The summed E-state index contributed by atoms with van der Waals surface area (Å²) in [6.45, 7) is 1.56. The van der Waals surface area contributed by atoms with Crippen LogP contribution in [-0.2, 0) is 9.53 Å². The van der Waals surface area contributed by atoms with Gasteiger partial charge in [-0.2, -0.15) is 0 Å². The number of nitrogens with two attached hydrogens (primary N) is 1. The first-order valence-electron chi connectivity index (χ1n) is 7.40. The molecule has 3 unspecified atom stereocenters. The second-order valence-corrected chi connectivity index (χ2v) is 5.63. The van der Waals surface area contributed by atoms with E-state index in [-0.39, 0.29) is 5.91 Å². The summed E-state index contributed by atoms with van der Waals surface area (Å²) in [7, 11) is 0. The minimum absolute atomic E-state index is 0.175. The van der Waals surface area contributed by atoms with Crippen molar-refractivity contribution in [2.75, 3.05) is 13.2 Å². The van der Waals surface area contributed by atoms with Crippen LogP contribution in [0, 0.1) is 5.92 Å². The highest BCUT2D eigenvalue weighted by Gasteiger charge is 2.27. The van der Waals surface area contributed by atoms with Crippen molar-refractivity contribution in [2.24, 2.45) is 11.7 Å². The summed E-state index contributed by atoms with van der Waals surface area (Å²) in [5, 5.41) is 3.14. The third kappa shape index (κ3) is 3.95. The Morgan fingerprint density at radius 1 is 1.22 bits per heavy atom. The van der Waals surface area contributed by atoms with Crippen LogP contribution in [0.1, 0.15) is 51.4 Å². The Balaban J connectivity index is 1.65. The van der Waals surface area contributed by atoms with Crippen molar-refractivity contribution in [3.8, 4) is 0 Å². The fourth-order valence-electron chi connectivity index (χ4n) is 3.12. The van der Waals surface area contributed by atoms with Crippen LogP contribution in [0.2, 0.25) is 0 Å². The van der Waals surface area contributed by atoms with E-state index >= 15 is 0 Å². The zero-order valence-corrected chi connectivity index (χ0v) is 11.2. The molecule has 3 atom stereocenters. The monoisotopic (exact) mass is 254 g/mol. The Hall–Kier alpha value is -0.610. The predicted molar refractivity (Wildman–Crippen MR) is 71.2 cm³/mol. The molecule has 1 saturated carbocycles. The quantitative estimate of drug-likeness (QED) is 0.783. The number of nitrogens with one attached hydrogen (secondary N) is 1. The molecule has 2 aliphatic rings. The van der Waals surface area contributed by atoms with Crippen LogP contribution in [0.3, 0.4) is 0 Å². The van der Waals surface area contributed by atoms with E-state index in [1.165, 1.54) is 19.3 Å². The summed E-state index contributed by atoms with van der Waals surface area (Å²) in [5.41, 5.74) is 5.72. The van der Waals surface area contributed by atoms with E-state index in [0.29, 0.717) is 31.0 Å². The average molecular weight is 254 g/mol. The maximum Gasteiger partial charge on any atom is 0.220 e. The van der Waals surface area contributed by atoms with Gasteiger partial charge in [0.25, 0.3) is 0 Å². The van der Waals surface area contributed by atoms with Gasteiger partial charge in [-0.25, -0.2) is 0 Å². The molecule has 0 radical (unpaired) electrons. The van der Waals surface area contributed by atoms with E-state index in [1.807, 2.05) is 0 Å². The summed E-state index contributed by atoms with van der Waals surface area (Å²) < 4.78 is 5.64. The third-order valence-corrected chi connectivity index (χ3v) is 4.28. The first-order chi connectivity index (χ1) is 8.79. The number of amides is 1. The van der Waals surface area contributed by atoms with Crippen LogP contribution >= 0.6 is 0 Å². The Labute approximate surface area is 110 Å². The summed E-state index contributed by atoms with van der Waals surface area (Å²) in [4.78, 5) is 11.9. The van der Waals surface area contributed by atoms with Gasteiger partial charge in [0.1, 0.15) is 0 Å². The fraction of sp³-hybridized carbons (Fsp3) is 0.929. The highest BCUT2D eigenvalue weighted by molar-refractivity contribution is 5.76. The normalized spacial score (nSPS) is 32.4. The van der Waals surface area contributed by atoms with E-state index in [1.54, 1.807) is 0 Å². The largest absolute Gasteiger partial charge is 0.378 e. The van der Waals surface area contributed by atoms with E-state index in [9.17, 15) is 4.79 Å². The number of carbonyl (C=O) groups excluding carboxylic acids is 1. The lowest BCUT2D eigenvalue weighted by Gasteiger charge is -2.23. The smallest absolute Gasteiger partial charge is 0.220 e. The molecule has 18 heavy (non-hydrogen) atoms. The minimum atomic E-state index is 0.175.